The Balaban J connectivity index is 1.02. The van der Waals surface area contributed by atoms with E-state index in [9.17, 15) is 0 Å². The molecule has 0 unspecified atom stereocenters. The molecule has 0 fully saturated rings. The Kier molecular flexibility index (Phi) is 7.53. The predicted molar refractivity (Wildman–Crippen MR) is 235 cm³/mol. The number of furan rings is 1. The molecule has 0 aliphatic heterocycles. The average molecular weight is 714 g/mol. The Hall–Kier alpha value is -7.42. The van der Waals surface area contributed by atoms with Crippen molar-refractivity contribution in [2.24, 2.45) is 0 Å². The molecule has 56 heavy (non-hydrogen) atoms. The minimum Gasteiger partial charge on any atom is -0.456 e. The first-order chi connectivity index (χ1) is 27.7. The number of benzene rings is 9. The van der Waals surface area contributed by atoms with Gasteiger partial charge in [-0.25, -0.2) is 0 Å². The maximum atomic E-state index is 6.45. The van der Waals surface area contributed by atoms with Crippen LogP contribution < -0.4 is 0 Å². The van der Waals surface area contributed by atoms with Crippen LogP contribution in [0.25, 0.3) is 105 Å². The van der Waals surface area contributed by atoms with Crippen molar-refractivity contribution in [2.75, 3.05) is 0 Å². The van der Waals surface area contributed by atoms with Gasteiger partial charge < -0.3 is 8.98 Å². The second-order valence-electron chi connectivity index (χ2n) is 14.6. The lowest BCUT2D eigenvalue weighted by atomic mass is 9.92. The van der Waals surface area contributed by atoms with Crippen LogP contribution in [0.4, 0.5) is 0 Å². The zero-order chi connectivity index (χ0) is 37.0. The molecular weight excluding hydrogens is 679 g/mol. The SMILES string of the molecule is c1ccc(-c2cc(-c3ccccc3)cc(-c3cccc(-c4ccc5oc6ccc(-n7c8ccccc8c8cc(-c9ccccc9)ccc87)cc6c5c4)c3)c2)cc1. The number of rotatable bonds is 6. The van der Waals surface area contributed by atoms with Crippen LogP contribution in [0.2, 0.25) is 0 Å². The second-order valence-corrected chi connectivity index (χ2v) is 14.6. The molecule has 0 saturated carbocycles. The number of hydrogen-bond donors (Lipinski definition) is 0. The van der Waals surface area contributed by atoms with E-state index >= 15 is 0 Å². The first-order valence-electron chi connectivity index (χ1n) is 19.2. The topological polar surface area (TPSA) is 18.1 Å². The maximum absolute atomic E-state index is 6.45. The standard InChI is InChI=1S/C54H35NO/c1-4-13-36(14-5-1)41-23-26-52-48(33-41)47-21-10-11-22-51(47)55(52)46-25-28-54-50(35-46)49-34-42(24-27-53(49)56-54)39-19-12-20-40(29-39)45-31-43(37-15-6-2-7-16-37)30-44(32-45)38-17-8-3-9-18-38/h1-35H. The minimum absolute atomic E-state index is 0.882. The van der Waals surface area contributed by atoms with Crippen LogP contribution in [-0.4, -0.2) is 4.57 Å². The van der Waals surface area contributed by atoms with E-state index in [4.69, 9.17) is 4.42 Å². The zero-order valence-corrected chi connectivity index (χ0v) is 30.6. The molecule has 0 aliphatic rings. The summed E-state index contributed by atoms with van der Waals surface area (Å²) in [5.74, 6) is 0. The quantitative estimate of drug-likeness (QED) is 0.168. The fourth-order valence-electron chi connectivity index (χ4n) is 8.41. The summed E-state index contributed by atoms with van der Waals surface area (Å²) in [4.78, 5) is 0. The number of fused-ring (bicyclic) bond motifs is 6. The molecule has 9 aromatic carbocycles. The first-order valence-corrected chi connectivity index (χ1v) is 19.2. The summed E-state index contributed by atoms with van der Waals surface area (Å²) in [6, 6.07) is 76.5. The molecule has 0 radical (unpaired) electrons. The Morgan fingerprint density at radius 3 is 1.36 bits per heavy atom. The molecule has 2 heteroatoms. The molecule has 0 spiro atoms. The van der Waals surface area contributed by atoms with Gasteiger partial charge in [0.1, 0.15) is 11.2 Å². The zero-order valence-electron chi connectivity index (χ0n) is 30.6. The molecule has 11 rings (SSSR count). The van der Waals surface area contributed by atoms with Gasteiger partial charge in [0.2, 0.25) is 0 Å². The Bertz CT molecular complexity index is 3170. The highest BCUT2D eigenvalue weighted by molar-refractivity contribution is 6.12. The van der Waals surface area contributed by atoms with Gasteiger partial charge in [-0.15, -0.1) is 0 Å². The van der Waals surface area contributed by atoms with Crippen molar-refractivity contribution in [1.82, 2.24) is 4.57 Å². The highest BCUT2D eigenvalue weighted by atomic mass is 16.3. The van der Waals surface area contributed by atoms with E-state index in [1.54, 1.807) is 0 Å². The Morgan fingerprint density at radius 1 is 0.250 bits per heavy atom. The molecule has 0 atom stereocenters. The molecule has 2 nitrogen and oxygen atoms in total. The Morgan fingerprint density at radius 2 is 0.679 bits per heavy atom. The second kappa shape index (κ2) is 13.2. The van der Waals surface area contributed by atoms with Crippen LogP contribution >= 0.6 is 0 Å². The Labute approximate surface area is 325 Å². The predicted octanol–water partition coefficient (Wildman–Crippen LogP) is 15.0. The van der Waals surface area contributed by atoms with E-state index in [1.807, 2.05) is 0 Å². The summed E-state index contributed by atoms with van der Waals surface area (Å²) in [6.45, 7) is 0. The van der Waals surface area contributed by atoms with Gasteiger partial charge in [-0.1, -0.05) is 140 Å². The van der Waals surface area contributed by atoms with Crippen molar-refractivity contribution in [3.05, 3.63) is 212 Å². The van der Waals surface area contributed by atoms with Gasteiger partial charge in [0.25, 0.3) is 0 Å². The molecule has 0 aliphatic carbocycles. The highest BCUT2D eigenvalue weighted by Crippen LogP contribution is 2.39. The van der Waals surface area contributed by atoms with Gasteiger partial charge in [-0.3, -0.25) is 0 Å². The molecule has 11 aromatic rings. The maximum Gasteiger partial charge on any atom is 0.135 e. The lowest BCUT2D eigenvalue weighted by Gasteiger charge is -2.12. The van der Waals surface area contributed by atoms with E-state index in [0.717, 1.165) is 38.8 Å². The molecular formula is C54H35NO. The number of aromatic nitrogens is 1. The largest absolute Gasteiger partial charge is 0.456 e. The van der Waals surface area contributed by atoms with E-state index in [0.29, 0.717) is 0 Å². The third-order valence-corrected chi connectivity index (χ3v) is 11.2. The molecule has 0 N–H and O–H groups in total. The van der Waals surface area contributed by atoms with Crippen LogP contribution in [0.3, 0.4) is 0 Å². The van der Waals surface area contributed by atoms with Gasteiger partial charge in [-0.2, -0.15) is 0 Å². The van der Waals surface area contributed by atoms with Crippen molar-refractivity contribution >= 4 is 43.7 Å². The van der Waals surface area contributed by atoms with Crippen molar-refractivity contribution in [3.8, 4) is 61.3 Å². The van der Waals surface area contributed by atoms with Crippen LogP contribution in [0, 0.1) is 0 Å². The molecule has 0 amide bonds. The molecule has 2 aromatic heterocycles. The number of nitrogens with zero attached hydrogens (tertiary/aromatic N) is 1. The van der Waals surface area contributed by atoms with E-state index in [1.165, 1.54) is 66.3 Å². The highest BCUT2D eigenvalue weighted by Gasteiger charge is 2.16. The van der Waals surface area contributed by atoms with Crippen LogP contribution in [-0.2, 0) is 0 Å². The average Bonchev–Trinajstić information content (AvgIpc) is 3.81. The molecule has 0 bridgehead atoms. The first kappa shape index (κ1) is 32.0. The van der Waals surface area contributed by atoms with E-state index in [2.05, 4.69) is 217 Å². The third kappa shape index (κ3) is 5.51. The van der Waals surface area contributed by atoms with Crippen molar-refractivity contribution in [1.29, 1.82) is 0 Å². The summed E-state index contributed by atoms with van der Waals surface area (Å²) < 4.78 is 8.84. The van der Waals surface area contributed by atoms with Crippen molar-refractivity contribution < 1.29 is 4.42 Å². The smallest absolute Gasteiger partial charge is 0.135 e. The monoisotopic (exact) mass is 713 g/mol. The van der Waals surface area contributed by atoms with Gasteiger partial charge in [0.15, 0.2) is 0 Å². The summed E-state index contributed by atoms with van der Waals surface area (Å²) in [5.41, 5.74) is 17.2. The molecule has 0 saturated heterocycles. The fourth-order valence-corrected chi connectivity index (χ4v) is 8.41. The summed E-state index contributed by atoms with van der Waals surface area (Å²) in [7, 11) is 0. The van der Waals surface area contributed by atoms with E-state index in [-0.39, 0.29) is 0 Å². The van der Waals surface area contributed by atoms with Gasteiger partial charge in [0.05, 0.1) is 11.0 Å². The van der Waals surface area contributed by atoms with Crippen LogP contribution in [0.15, 0.2) is 217 Å². The van der Waals surface area contributed by atoms with Crippen molar-refractivity contribution in [2.45, 2.75) is 0 Å². The van der Waals surface area contributed by atoms with Gasteiger partial charge >= 0.3 is 0 Å². The number of para-hydroxylation sites is 1. The van der Waals surface area contributed by atoms with E-state index < -0.39 is 0 Å². The lowest BCUT2D eigenvalue weighted by molar-refractivity contribution is 0.669. The number of hydrogen-bond acceptors (Lipinski definition) is 1. The summed E-state index contributed by atoms with van der Waals surface area (Å²) in [5, 5.41) is 4.69. The van der Waals surface area contributed by atoms with Crippen molar-refractivity contribution in [3.63, 3.8) is 0 Å². The molecule has 262 valence electrons. The summed E-state index contributed by atoms with van der Waals surface area (Å²) >= 11 is 0. The van der Waals surface area contributed by atoms with Crippen LogP contribution in [0.5, 0.6) is 0 Å². The van der Waals surface area contributed by atoms with Gasteiger partial charge in [0, 0.05) is 27.2 Å². The lowest BCUT2D eigenvalue weighted by Crippen LogP contribution is -1.93. The normalized spacial score (nSPS) is 11.6. The minimum atomic E-state index is 0.882. The van der Waals surface area contributed by atoms with Crippen LogP contribution in [0.1, 0.15) is 0 Å². The van der Waals surface area contributed by atoms with Gasteiger partial charge in [-0.05, 0) is 128 Å². The molecule has 2 heterocycles. The summed E-state index contributed by atoms with van der Waals surface area (Å²) in [6.07, 6.45) is 0. The fraction of sp³-hybridized carbons (Fsp3) is 0. The third-order valence-electron chi connectivity index (χ3n) is 11.2.